The van der Waals surface area contributed by atoms with Crippen molar-refractivity contribution in [2.24, 2.45) is 11.7 Å². The van der Waals surface area contributed by atoms with E-state index in [-0.39, 0.29) is 16.9 Å². The second kappa shape index (κ2) is 6.12. The quantitative estimate of drug-likeness (QED) is 0.840. The van der Waals surface area contributed by atoms with Crippen molar-refractivity contribution in [3.8, 4) is 0 Å². The number of hydrogen-bond acceptors (Lipinski definition) is 2. The molecule has 1 aromatic carbocycles. The van der Waals surface area contributed by atoms with Crippen molar-refractivity contribution in [1.29, 1.82) is 0 Å². The Hall–Kier alpha value is -0.940. The maximum absolute atomic E-state index is 11.8. The number of nitrogens with two attached hydrogens (primary N) is 1. The van der Waals surface area contributed by atoms with Gasteiger partial charge in [-0.3, -0.25) is 4.79 Å². The molecule has 1 amide bonds. The fourth-order valence-electron chi connectivity index (χ4n) is 1.33. The molecule has 92 valence electrons. The standard InChI is InChI=1S/C12H15BrN2OS/c1-7(11(14)17)12(16)15-8(2)9-4-3-5-10(13)6-9/h3-8H,1-2H3,(H2,14,17)(H,15,16). The van der Waals surface area contributed by atoms with Crippen molar-refractivity contribution in [2.45, 2.75) is 19.9 Å². The molecule has 0 aromatic heterocycles. The molecule has 0 spiro atoms. The van der Waals surface area contributed by atoms with Crippen LogP contribution in [0.25, 0.3) is 0 Å². The Morgan fingerprint density at radius 2 is 2.12 bits per heavy atom. The first-order valence-corrected chi connectivity index (χ1v) is 6.47. The number of rotatable bonds is 4. The van der Waals surface area contributed by atoms with Crippen LogP contribution in [0.4, 0.5) is 0 Å². The van der Waals surface area contributed by atoms with E-state index >= 15 is 0 Å². The average molecular weight is 315 g/mol. The molecule has 0 aliphatic carbocycles. The lowest BCUT2D eigenvalue weighted by atomic mass is 10.1. The smallest absolute Gasteiger partial charge is 0.230 e. The number of halogens is 1. The third-order valence-corrected chi connectivity index (χ3v) is 3.37. The Labute approximate surface area is 115 Å². The Kier molecular flexibility index (Phi) is 5.08. The van der Waals surface area contributed by atoms with Crippen LogP contribution < -0.4 is 11.1 Å². The van der Waals surface area contributed by atoms with E-state index in [1.54, 1.807) is 6.92 Å². The van der Waals surface area contributed by atoms with Crippen molar-refractivity contribution in [3.05, 3.63) is 34.3 Å². The summed E-state index contributed by atoms with van der Waals surface area (Å²) in [5.74, 6) is -0.593. The lowest BCUT2D eigenvalue weighted by Crippen LogP contribution is -2.37. The Morgan fingerprint density at radius 3 is 2.65 bits per heavy atom. The molecule has 17 heavy (non-hydrogen) atoms. The molecule has 0 heterocycles. The fraction of sp³-hybridized carbons (Fsp3) is 0.333. The van der Waals surface area contributed by atoms with Gasteiger partial charge in [-0.2, -0.15) is 0 Å². The molecule has 0 saturated heterocycles. The Bertz CT molecular complexity index is 436. The van der Waals surface area contributed by atoms with E-state index in [2.05, 4.69) is 21.2 Å². The van der Waals surface area contributed by atoms with Crippen molar-refractivity contribution in [1.82, 2.24) is 5.32 Å². The summed E-state index contributed by atoms with van der Waals surface area (Å²) in [6, 6.07) is 7.73. The molecule has 0 fully saturated rings. The van der Waals surface area contributed by atoms with E-state index in [0.717, 1.165) is 10.0 Å². The minimum atomic E-state index is -0.445. The maximum Gasteiger partial charge on any atom is 0.230 e. The maximum atomic E-state index is 11.8. The summed E-state index contributed by atoms with van der Waals surface area (Å²) in [5.41, 5.74) is 6.47. The van der Waals surface area contributed by atoms with Crippen molar-refractivity contribution in [2.75, 3.05) is 0 Å². The molecule has 2 atom stereocenters. The number of thiocarbonyl (C=S) groups is 1. The minimum absolute atomic E-state index is 0.0724. The first kappa shape index (κ1) is 14.1. The van der Waals surface area contributed by atoms with Crippen LogP contribution in [0, 0.1) is 5.92 Å². The molecule has 0 aliphatic rings. The van der Waals surface area contributed by atoms with E-state index in [1.165, 1.54) is 0 Å². The van der Waals surface area contributed by atoms with Gasteiger partial charge in [0.05, 0.1) is 16.9 Å². The Morgan fingerprint density at radius 1 is 1.47 bits per heavy atom. The van der Waals surface area contributed by atoms with Gasteiger partial charge in [-0.05, 0) is 31.5 Å². The van der Waals surface area contributed by atoms with E-state index in [4.69, 9.17) is 18.0 Å². The molecular weight excluding hydrogens is 300 g/mol. The van der Waals surface area contributed by atoms with Crippen molar-refractivity contribution >= 4 is 39.0 Å². The van der Waals surface area contributed by atoms with Gasteiger partial charge in [0.1, 0.15) is 0 Å². The van der Waals surface area contributed by atoms with E-state index < -0.39 is 5.92 Å². The van der Waals surface area contributed by atoms with Gasteiger partial charge in [0, 0.05) is 4.47 Å². The van der Waals surface area contributed by atoms with Gasteiger partial charge < -0.3 is 11.1 Å². The normalized spacial score (nSPS) is 13.8. The predicted molar refractivity (Wildman–Crippen MR) is 76.6 cm³/mol. The van der Waals surface area contributed by atoms with Gasteiger partial charge in [-0.15, -0.1) is 0 Å². The third kappa shape index (κ3) is 4.09. The summed E-state index contributed by atoms with van der Waals surface area (Å²) in [6.45, 7) is 3.62. The zero-order valence-corrected chi connectivity index (χ0v) is 12.1. The summed E-state index contributed by atoms with van der Waals surface area (Å²) in [4.78, 5) is 12.0. The highest BCUT2D eigenvalue weighted by Crippen LogP contribution is 2.18. The first-order valence-electron chi connectivity index (χ1n) is 5.27. The van der Waals surface area contributed by atoms with Crippen LogP contribution in [-0.2, 0) is 4.79 Å². The number of carbonyl (C=O) groups is 1. The van der Waals surface area contributed by atoms with Crippen LogP contribution in [0.3, 0.4) is 0 Å². The summed E-state index contributed by atoms with van der Waals surface area (Å²) < 4.78 is 0.985. The summed E-state index contributed by atoms with van der Waals surface area (Å²) in [6.07, 6.45) is 0. The number of amides is 1. The van der Waals surface area contributed by atoms with Crippen LogP contribution in [-0.4, -0.2) is 10.9 Å². The molecule has 0 radical (unpaired) electrons. The van der Waals surface area contributed by atoms with Gasteiger partial charge in [0.15, 0.2) is 0 Å². The zero-order chi connectivity index (χ0) is 13.0. The molecule has 0 aliphatic heterocycles. The monoisotopic (exact) mass is 314 g/mol. The zero-order valence-electron chi connectivity index (χ0n) is 9.74. The molecule has 1 aromatic rings. The second-order valence-corrected chi connectivity index (χ2v) is 5.30. The lowest BCUT2D eigenvalue weighted by molar-refractivity contribution is -0.123. The lowest BCUT2D eigenvalue weighted by Gasteiger charge is -2.17. The molecule has 0 bridgehead atoms. The largest absolute Gasteiger partial charge is 0.393 e. The highest BCUT2D eigenvalue weighted by atomic mass is 79.9. The molecule has 0 saturated carbocycles. The topological polar surface area (TPSA) is 55.1 Å². The van der Waals surface area contributed by atoms with Crippen LogP contribution in [0.2, 0.25) is 0 Å². The highest BCUT2D eigenvalue weighted by Gasteiger charge is 2.18. The minimum Gasteiger partial charge on any atom is -0.393 e. The van der Waals surface area contributed by atoms with E-state index in [1.807, 2.05) is 31.2 Å². The Balaban J connectivity index is 2.70. The summed E-state index contributed by atoms with van der Waals surface area (Å²) in [7, 11) is 0. The number of carbonyl (C=O) groups excluding carboxylic acids is 1. The van der Waals surface area contributed by atoms with Gasteiger partial charge in [-0.1, -0.05) is 40.3 Å². The number of nitrogens with one attached hydrogen (secondary N) is 1. The molecule has 5 heteroatoms. The first-order chi connectivity index (χ1) is 7.91. The molecule has 3 nitrogen and oxygen atoms in total. The van der Waals surface area contributed by atoms with Gasteiger partial charge in [0.2, 0.25) is 5.91 Å². The van der Waals surface area contributed by atoms with E-state index in [9.17, 15) is 4.79 Å². The van der Waals surface area contributed by atoms with Crippen molar-refractivity contribution < 1.29 is 4.79 Å². The SMILES string of the molecule is CC(C(=O)NC(C)c1cccc(Br)c1)C(N)=S. The van der Waals surface area contributed by atoms with E-state index in [0.29, 0.717) is 0 Å². The predicted octanol–water partition coefficient (Wildman–Crippen LogP) is 2.55. The molecular formula is C12H15BrN2OS. The van der Waals surface area contributed by atoms with Gasteiger partial charge >= 0.3 is 0 Å². The van der Waals surface area contributed by atoms with Crippen molar-refractivity contribution in [3.63, 3.8) is 0 Å². The van der Waals surface area contributed by atoms with Crippen LogP contribution >= 0.6 is 28.1 Å². The van der Waals surface area contributed by atoms with Gasteiger partial charge in [-0.25, -0.2) is 0 Å². The van der Waals surface area contributed by atoms with Crippen LogP contribution in [0.5, 0.6) is 0 Å². The summed E-state index contributed by atoms with van der Waals surface area (Å²) in [5, 5.41) is 2.88. The van der Waals surface area contributed by atoms with Crippen LogP contribution in [0.15, 0.2) is 28.7 Å². The molecule has 3 N–H and O–H groups in total. The second-order valence-electron chi connectivity index (χ2n) is 3.91. The van der Waals surface area contributed by atoms with Crippen LogP contribution in [0.1, 0.15) is 25.5 Å². The fourth-order valence-corrected chi connectivity index (χ4v) is 1.85. The molecule has 1 rings (SSSR count). The van der Waals surface area contributed by atoms with Gasteiger partial charge in [0.25, 0.3) is 0 Å². The highest BCUT2D eigenvalue weighted by molar-refractivity contribution is 9.10. The summed E-state index contributed by atoms with van der Waals surface area (Å²) >= 11 is 8.19. The number of benzene rings is 1. The molecule has 2 unspecified atom stereocenters. The third-order valence-electron chi connectivity index (χ3n) is 2.53. The number of hydrogen-bond donors (Lipinski definition) is 2. The average Bonchev–Trinajstić information content (AvgIpc) is 2.27.